The molecule has 0 aromatic heterocycles. The molecule has 2 aliphatic heterocycles. The zero-order valence-electron chi connectivity index (χ0n) is 13.3. The average Bonchev–Trinajstić information content (AvgIpc) is 2.62. The first kappa shape index (κ1) is 17.2. The monoisotopic (exact) mass is 331 g/mol. The highest BCUT2D eigenvalue weighted by atomic mass is 32.2. The summed E-state index contributed by atoms with van der Waals surface area (Å²) in [6.07, 6.45) is 3.19. The quantitative estimate of drug-likeness (QED) is 0.734. The molecule has 2 rings (SSSR count). The first-order valence-electron chi connectivity index (χ1n) is 7.65. The van der Waals surface area contributed by atoms with Gasteiger partial charge in [-0.25, -0.2) is 8.42 Å². The summed E-state index contributed by atoms with van der Waals surface area (Å²) in [6, 6.07) is 0. The van der Waals surface area contributed by atoms with Crippen molar-refractivity contribution in [1.29, 1.82) is 0 Å². The van der Waals surface area contributed by atoms with Gasteiger partial charge in [0.15, 0.2) is 0 Å². The van der Waals surface area contributed by atoms with Gasteiger partial charge < -0.3 is 10.2 Å². The molecule has 0 aliphatic carbocycles. The zero-order valence-corrected chi connectivity index (χ0v) is 14.1. The van der Waals surface area contributed by atoms with Gasteiger partial charge in [-0.3, -0.25) is 14.5 Å². The second kappa shape index (κ2) is 6.54. The fourth-order valence-electron chi connectivity index (χ4n) is 3.24. The molecule has 1 spiro atoms. The normalized spacial score (nSPS) is 27.5. The van der Waals surface area contributed by atoms with Crippen molar-refractivity contribution in [3.63, 3.8) is 0 Å². The van der Waals surface area contributed by atoms with Gasteiger partial charge in [0.1, 0.15) is 9.84 Å². The minimum Gasteiger partial charge on any atom is -0.356 e. The molecule has 0 bridgehead atoms. The summed E-state index contributed by atoms with van der Waals surface area (Å²) in [4.78, 5) is 27.9. The van der Waals surface area contributed by atoms with Crippen LogP contribution in [0.1, 0.15) is 25.7 Å². The van der Waals surface area contributed by atoms with Gasteiger partial charge in [0.2, 0.25) is 11.8 Å². The summed E-state index contributed by atoms with van der Waals surface area (Å²) in [6.45, 7) is 2.55. The van der Waals surface area contributed by atoms with E-state index < -0.39 is 9.84 Å². The van der Waals surface area contributed by atoms with Crippen LogP contribution in [-0.2, 0) is 19.4 Å². The van der Waals surface area contributed by atoms with Crippen LogP contribution in [0.4, 0.5) is 0 Å². The van der Waals surface area contributed by atoms with Crippen molar-refractivity contribution in [1.82, 2.24) is 15.1 Å². The molecular weight excluding hydrogens is 306 g/mol. The van der Waals surface area contributed by atoms with Crippen LogP contribution in [0.5, 0.6) is 0 Å². The molecule has 0 saturated carbocycles. The third-order valence-corrected chi connectivity index (χ3v) is 5.72. The molecule has 0 radical (unpaired) electrons. The highest BCUT2D eigenvalue weighted by molar-refractivity contribution is 7.90. The van der Waals surface area contributed by atoms with Crippen molar-refractivity contribution >= 4 is 21.7 Å². The molecule has 0 unspecified atom stereocenters. The summed E-state index contributed by atoms with van der Waals surface area (Å²) in [5.74, 6) is -0.155. The van der Waals surface area contributed by atoms with E-state index in [1.807, 2.05) is 7.05 Å². The number of carbonyl (C=O) groups excluding carboxylic acids is 2. The van der Waals surface area contributed by atoms with Gasteiger partial charge in [-0.2, -0.15) is 0 Å². The second-order valence-electron chi connectivity index (χ2n) is 6.44. The maximum absolute atomic E-state index is 12.3. The number of hydrogen-bond donors (Lipinski definition) is 1. The number of likely N-dealkylation sites (N-methyl/N-ethyl adjacent to an activating group) is 1. The highest BCUT2D eigenvalue weighted by Crippen LogP contribution is 2.30. The van der Waals surface area contributed by atoms with Crippen LogP contribution in [0.3, 0.4) is 0 Å². The third kappa shape index (κ3) is 4.19. The van der Waals surface area contributed by atoms with Crippen molar-refractivity contribution in [2.45, 2.75) is 31.2 Å². The minimum atomic E-state index is -3.13. The maximum Gasteiger partial charge on any atom is 0.223 e. The summed E-state index contributed by atoms with van der Waals surface area (Å²) in [5, 5.41) is 2.88. The zero-order chi connectivity index (χ0) is 16.4. The molecule has 2 heterocycles. The predicted molar refractivity (Wildman–Crippen MR) is 83.1 cm³/mol. The van der Waals surface area contributed by atoms with Crippen LogP contribution in [0, 0.1) is 0 Å². The van der Waals surface area contributed by atoms with Crippen molar-refractivity contribution in [3.8, 4) is 0 Å². The molecule has 2 aliphatic rings. The number of nitrogens with one attached hydrogen (secondary N) is 1. The average molecular weight is 331 g/mol. The van der Waals surface area contributed by atoms with Gasteiger partial charge in [0, 0.05) is 50.8 Å². The molecule has 1 N–H and O–H groups in total. The van der Waals surface area contributed by atoms with Gasteiger partial charge >= 0.3 is 0 Å². The van der Waals surface area contributed by atoms with Crippen LogP contribution >= 0.6 is 0 Å². The van der Waals surface area contributed by atoms with E-state index in [0.717, 1.165) is 25.6 Å². The molecule has 0 aromatic carbocycles. The Balaban J connectivity index is 2.03. The van der Waals surface area contributed by atoms with E-state index in [1.165, 1.54) is 0 Å². The van der Waals surface area contributed by atoms with Crippen molar-refractivity contribution in [3.05, 3.63) is 0 Å². The van der Waals surface area contributed by atoms with E-state index in [2.05, 4.69) is 10.2 Å². The molecule has 22 heavy (non-hydrogen) atoms. The molecule has 8 heteroatoms. The van der Waals surface area contributed by atoms with E-state index in [1.54, 1.807) is 4.90 Å². The smallest absolute Gasteiger partial charge is 0.223 e. The van der Waals surface area contributed by atoms with E-state index in [9.17, 15) is 18.0 Å². The Hall–Kier alpha value is -1.15. The van der Waals surface area contributed by atoms with Crippen molar-refractivity contribution in [2.24, 2.45) is 0 Å². The number of nitrogens with zero attached hydrogens (tertiary/aromatic N) is 2. The molecule has 2 fully saturated rings. The Morgan fingerprint density at radius 3 is 2.73 bits per heavy atom. The lowest BCUT2D eigenvalue weighted by molar-refractivity contribution is -0.136. The van der Waals surface area contributed by atoms with Gasteiger partial charge in [-0.15, -0.1) is 0 Å². The Bertz CT molecular complexity index is 548. The van der Waals surface area contributed by atoms with Gasteiger partial charge in [-0.05, 0) is 19.9 Å². The van der Waals surface area contributed by atoms with Gasteiger partial charge in [0.05, 0.1) is 5.75 Å². The first-order valence-corrected chi connectivity index (χ1v) is 9.71. The van der Waals surface area contributed by atoms with Gasteiger partial charge in [0.25, 0.3) is 0 Å². The fraction of sp³-hybridized carbons (Fsp3) is 0.857. The number of piperazine rings is 1. The van der Waals surface area contributed by atoms with Gasteiger partial charge in [-0.1, -0.05) is 0 Å². The highest BCUT2D eigenvalue weighted by Gasteiger charge is 2.41. The summed E-state index contributed by atoms with van der Waals surface area (Å²) >= 11 is 0. The molecule has 126 valence electrons. The van der Waals surface area contributed by atoms with Crippen LogP contribution in [0.25, 0.3) is 0 Å². The Kier molecular flexibility index (Phi) is 5.11. The maximum atomic E-state index is 12.3. The van der Waals surface area contributed by atoms with Crippen LogP contribution in [-0.4, -0.2) is 80.8 Å². The number of rotatable bonds is 3. The molecule has 1 atom stereocenters. The first-order chi connectivity index (χ1) is 10.2. The summed E-state index contributed by atoms with van der Waals surface area (Å²) < 4.78 is 22.4. The molecule has 2 amide bonds. The number of hydrogen-bond acceptors (Lipinski definition) is 5. The van der Waals surface area contributed by atoms with Crippen molar-refractivity contribution < 1.29 is 18.0 Å². The van der Waals surface area contributed by atoms with E-state index in [0.29, 0.717) is 26.1 Å². The molecule has 0 aromatic rings. The Labute approximate surface area is 131 Å². The van der Waals surface area contributed by atoms with Crippen LogP contribution in [0.2, 0.25) is 0 Å². The number of carbonyl (C=O) groups is 2. The summed E-state index contributed by atoms with van der Waals surface area (Å²) in [7, 11) is -1.09. The minimum absolute atomic E-state index is 0.0375. The topological polar surface area (TPSA) is 86.8 Å². The third-order valence-electron chi connectivity index (χ3n) is 4.77. The second-order valence-corrected chi connectivity index (χ2v) is 8.70. The molecule has 7 nitrogen and oxygen atoms in total. The SMILES string of the molecule is CN1CCN(C(=O)CCS(C)(=O)=O)C[C@@]12CCNC(=O)CC2. The van der Waals surface area contributed by atoms with E-state index in [4.69, 9.17) is 0 Å². The van der Waals surface area contributed by atoms with Crippen LogP contribution in [0.15, 0.2) is 0 Å². The number of sulfone groups is 1. The lowest BCUT2D eigenvalue weighted by Gasteiger charge is -2.49. The fourth-order valence-corrected chi connectivity index (χ4v) is 3.79. The number of amides is 2. The predicted octanol–water partition coefficient (Wildman–Crippen LogP) is -0.766. The standard InChI is InChI=1S/C14H25N3O4S/c1-16-8-9-17(13(19)4-10-22(2,20)21)11-14(16)5-3-12(18)15-7-6-14/h3-11H2,1-2H3,(H,15,18)/t14-/m1/s1. The molecular formula is C14H25N3O4S. The van der Waals surface area contributed by atoms with E-state index in [-0.39, 0.29) is 29.5 Å². The largest absolute Gasteiger partial charge is 0.356 e. The Morgan fingerprint density at radius 2 is 2.05 bits per heavy atom. The van der Waals surface area contributed by atoms with Crippen LogP contribution < -0.4 is 5.32 Å². The summed E-state index contributed by atoms with van der Waals surface area (Å²) in [5.41, 5.74) is -0.182. The van der Waals surface area contributed by atoms with Crippen molar-refractivity contribution in [2.75, 3.05) is 45.2 Å². The lowest BCUT2D eigenvalue weighted by Crippen LogP contribution is -2.62. The molecule has 2 saturated heterocycles. The Morgan fingerprint density at radius 1 is 1.32 bits per heavy atom. The van der Waals surface area contributed by atoms with E-state index >= 15 is 0 Å². The lowest BCUT2D eigenvalue weighted by atomic mass is 9.86.